The van der Waals surface area contributed by atoms with Crippen LogP contribution < -0.4 is 10.1 Å². The van der Waals surface area contributed by atoms with Gasteiger partial charge in [-0.15, -0.1) is 0 Å². The largest absolute Gasteiger partial charge is 0.492 e. The molecule has 1 unspecified atom stereocenters. The minimum absolute atomic E-state index is 0.0527. The van der Waals surface area contributed by atoms with Gasteiger partial charge in [0.05, 0.1) is 12.5 Å². The summed E-state index contributed by atoms with van der Waals surface area (Å²) in [6.07, 6.45) is 0. The fraction of sp³-hybridized carbons (Fsp3) is 0.556. The van der Waals surface area contributed by atoms with Crippen molar-refractivity contribution in [3.63, 3.8) is 0 Å². The van der Waals surface area contributed by atoms with E-state index in [1.54, 1.807) is 14.0 Å². The normalized spacial score (nSPS) is 12.4. The average molecular weight is 336 g/mol. The molecular formula is C18H28N2O4. The van der Waals surface area contributed by atoms with Gasteiger partial charge in [0.1, 0.15) is 12.4 Å². The Morgan fingerprint density at radius 3 is 2.58 bits per heavy atom. The Morgan fingerprint density at radius 1 is 1.33 bits per heavy atom. The summed E-state index contributed by atoms with van der Waals surface area (Å²) < 4.78 is 5.66. The van der Waals surface area contributed by atoms with Crippen LogP contribution in [0.15, 0.2) is 24.3 Å². The molecule has 6 nitrogen and oxygen atoms in total. The van der Waals surface area contributed by atoms with Gasteiger partial charge in [0, 0.05) is 13.6 Å². The van der Waals surface area contributed by atoms with E-state index in [0.29, 0.717) is 13.2 Å². The van der Waals surface area contributed by atoms with E-state index in [1.807, 2.05) is 18.2 Å². The number of nitrogens with zero attached hydrogens (tertiary/aromatic N) is 1. The molecule has 134 valence electrons. The predicted molar refractivity (Wildman–Crippen MR) is 93.5 cm³/mol. The lowest BCUT2D eigenvalue weighted by Gasteiger charge is -2.21. The van der Waals surface area contributed by atoms with Crippen molar-refractivity contribution in [2.24, 2.45) is 5.92 Å². The number of carboxylic acids is 1. The van der Waals surface area contributed by atoms with Crippen LogP contribution in [-0.2, 0) is 10.2 Å². The number of benzene rings is 1. The summed E-state index contributed by atoms with van der Waals surface area (Å²) in [5.74, 6) is -0.752. The second-order valence-electron chi connectivity index (χ2n) is 6.98. The number of carboxylic acid groups (broad SMARTS) is 1. The Morgan fingerprint density at radius 2 is 2.00 bits per heavy atom. The molecule has 0 spiro atoms. The summed E-state index contributed by atoms with van der Waals surface area (Å²) in [7, 11) is 1.57. The summed E-state index contributed by atoms with van der Waals surface area (Å²) >= 11 is 0. The van der Waals surface area contributed by atoms with Crippen LogP contribution in [0.1, 0.15) is 33.3 Å². The number of aliphatic carboxylic acids is 1. The van der Waals surface area contributed by atoms with E-state index < -0.39 is 11.9 Å². The van der Waals surface area contributed by atoms with Gasteiger partial charge >= 0.3 is 12.0 Å². The quantitative estimate of drug-likeness (QED) is 0.751. The highest BCUT2D eigenvalue weighted by atomic mass is 16.5. The van der Waals surface area contributed by atoms with Crippen molar-refractivity contribution < 1.29 is 19.4 Å². The SMILES string of the molecule is CC(CN(C)C(=O)NCCOc1cccc(C(C)(C)C)c1)C(=O)O. The fourth-order valence-electron chi connectivity index (χ4n) is 2.09. The van der Waals surface area contributed by atoms with Crippen molar-refractivity contribution in [1.29, 1.82) is 0 Å². The maximum Gasteiger partial charge on any atom is 0.317 e. The van der Waals surface area contributed by atoms with Crippen LogP contribution in [0, 0.1) is 5.92 Å². The van der Waals surface area contributed by atoms with E-state index in [0.717, 1.165) is 5.75 Å². The second-order valence-corrected chi connectivity index (χ2v) is 6.98. The van der Waals surface area contributed by atoms with Crippen LogP contribution >= 0.6 is 0 Å². The van der Waals surface area contributed by atoms with E-state index in [-0.39, 0.29) is 18.0 Å². The van der Waals surface area contributed by atoms with Crippen LogP contribution in [0.3, 0.4) is 0 Å². The summed E-state index contributed by atoms with van der Waals surface area (Å²) in [6, 6.07) is 7.60. The molecule has 0 fully saturated rings. The minimum atomic E-state index is -0.920. The standard InChI is InChI=1S/C18H28N2O4/c1-13(16(21)22)12-20(5)17(23)19-9-10-24-15-8-6-7-14(11-15)18(2,3)4/h6-8,11,13H,9-10,12H2,1-5H3,(H,19,23)(H,21,22). The predicted octanol–water partition coefficient (Wildman–Crippen LogP) is 2.73. The van der Waals surface area contributed by atoms with Crippen LogP contribution in [-0.4, -0.2) is 48.8 Å². The molecule has 0 heterocycles. The highest BCUT2D eigenvalue weighted by Crippen LogP contribution is 2.25. The van der Waals surface area contributed by atoms with E-state index in [4.69, 9.17) is 9.84 Å². The van der Waals surface area contributed by atoms with E-state index in [1.165, 1.54) is 10.5 Å². The molecule has 0 aromatic heterocycles. The molecule has 24 heavy (non-hydrogen) atoms. The molecule has 2 N–H and O–H groups in total. The van der Waals surface area contributed by atoms with Crippen LogP contribution in [0.5, 0.6) is 5.75 Å². The maximum absolute atomic E-state index is 11.9. The molecule has 0 aliphatic heterocycles. The second kappa shape index (κ2) is 8.57. The lowest BCUT2D eigenvalue weighted by molar-refractivity contribution is -0.141. The molecule has 1 aromatic rings. The van der Waals surface area contributed by atoms with E-state index in [9.17, 15) is 9.59 Å². The van der Waals surface area contributed by atoms with Crippen molar-refractivity contribution in [3.05, 3.63) is 29.8 Å². The molecule has 2 amide bonds. The Bertz CT molecular complexity index is 566. The highest BCUT2D eigenvalue weighted by molar-refractivity contribution is 5.75. The minimum Gasteiger partial charge on any atom is -0.492 e. The van der Waals surface area contributed by atoms with Gasteiger partial charge < -0.3 is 20.1 Å². The smallest absolute Gasteiger partial charge is 0.317 e. The zero-order chi connectivity index (χ0) is 18.3. The molecular weight excluding hydrogens is 308 g/mol. The third-order valence-electron chi connectivity index (χ3n) is 3.66. The average Bonchev–Trinajstić information content (AvgIpc) is 2.50. The van der Waals surface area contributed by atoms with Gasteiger partial charge in [-0.1, -0.05) is 39.8 Å². The molecule has 0 radical (unpaired) electrons. The summed E-state index contributed by atoms with van der Waals surface area (Å²) in [4.78, 5) is 24.0. The third kappa shape index (κ3) is 6.48. The monoisotopic (exact) mass is 336 g/mol. The highest BCUT2D eigenvalue weighted by Gasteiger charge is 2.17. The summed E-state index contributed by atoms with van der Waals surface area (Å²) in [6.45, 7) is 8.85. The molecule has 1 rings (SSSR count). The first-order valence-corrected chi connectivity index (χ1v) is 8.06. The zero-order valence-corrected chi connectivity index (χ0v) is 15.1. The molecule has 0 bridgehead atoms. The number of amides is 2. The zero-order valence-electron chi connectivity index (χ0n) is 15.1. The van der Waals surface area contributed by atoms with Crippen molar-refractivity contribution in [2.75, 3.05) is 26.7 Å². The molecule has 6 heteroatoms. The lowest BCUT2D eigenvalue weighted by Crippen LogP contribution is -2.42. The van der Waals surface area contributed by atoms with Crippen molar-refractivity contribution >= 4 is 12.0 Å². The number of rotatable bonds is 7. The molecule has 0 aliphatic carbocycles. The first kappa shape index (κ1) is 19.8. The maximum atomic E-state index is 11.9. The van der Waals surface area contributed by atoms with Gasteiger partial charge in [-0.3, -0.25) is 4.79 Å². The first-order chi connectivity index (χ1) is 11.1. The summed E-state index contributed by atoms with van der Waals surface area (Å²) in [5, 5.41) is 11.6. The van der Waals surface area contributed by atoms with Crippen molar-refractivity contribution in [2.45, 2.75) is 33.1 Å². The van der Waals surface area contributed by atoms with Gasteiger partial charge in [0.15, 0.2) is 0 Å². The molecule has 0 saturated carbocycles. The van der Waals surface area contributed by atoms with E-state index in [2.05, 4.69) is 32.2 Å². The number of carbonyl (C=O) groups excluding carboxylic acids is 1. The van der Waals surface area contributed by atoms with Gasteiger partial charge in [0.2, 0.25) is 0 Å². The topological polar surface area (TPSA) is 78.9 Å². The Hall–Kier alpha value is -2.24. The summed E-state index contributed by atoms with van der Waals surface area (Å²) in [5.41, 5.74) is 1.24. The fourth-order valence-corrected chi connectivity index (χ4v) is 2.09. The number of hydrogen-bond acceptors (Lipinski definition) is 3. The van der Waals surface area contributed by atoms with Crippen LogP contribution in [0.2, 0.25) is 0 Å². The molecule has 1 aromatic carbocycles. The molecule has 1 atom stereocenters. The number of urea groups is 1. The number of carbonyl (C=O) groups is 2. The van der Waals surface area contributed by atoms with Gasteiger partial charge in [-0.05, 0) is 23.1 Å². The van der Waals surface area contributed by atoms with Crippen LogP contribution in [0.4, 0.5) is 4.79 Å². The Labute approximate surface area is 143 Å². The molecule has 0 aliphatic rings. The number of ether oxygens (including phenoxy) is 1. The lowest BCUT2D eigenvalue weighted by atomic mass is 9.87. The van der Waals surface area contributed by atoms with Gasteiger partial charge in [-0.2, -0.15) is 0 Å². The van der Waals surface area contributed by atoms with E-state index >= 15 is 0 Å². The van der Waals surface area contributed by atoms with Gasteiger partial charge in [-0.25, -0.2) is 4.79 Å². The van der Waals surface area contributed by atoms with Crippen molar-refractivity contribution in [1.82, 2.24) is 10.2 Å². The third-order valence-corrected chi connectivity index (χ3v) is 3.66. The molecule has 0 saturated heterocycles. The number of nitrogens with one attached hydrogen (secondary N) is 1. The van der Waals surface area contributed by atoms with Crippen LogP contribution in [0.25, 0.3) is 0 Å². The Balaban J connectivity index is 2.38. The van der Waals surface area contributed by atoms with Crippen molar-refractivity contribution in [3.8, 4) is 5.75 Å². The number of hydrogen-bond donors (Lipinski definition) is 2. The Kier molecular flexibility index (Phi) is 7.07. The van der Waals surface area contributed by atoms with Gasteiger partial charge in [0.25, 0.3) is 0 Å². The first-order valence-electron chi connectivity index (χ1n) is 8.06.